The summed E-state index contributed by atoms with van der Waals surface area (Å²) in [6, 6.07) is 4.17. The first-order valence-corrected chi connectivity index (χ1v) is 6.34. The number of hydrogen-bond donors (Lipinski definition) is 1. The van der Waals surface area contributed by atoms with Crippen LogP contribution in [-0.2, 0) is 16.1 Å². The van der Waals surface area contributed by atoms with Crippen molar-refractivity contribution in [1.29, 1.82) is 0 Å². The number of nitrogens with one attached hydrogen (secondary N) is 1. The van der Waals surface area contributed by atoms with Gasteiger partial charge in [0.1, 0.15) is 11.9 Å². The molecule has 1 aromatic carbocycles. The second-order valence-corrected chi connectivity index (χ2v) is 4.90. The maximum atomic E-state index is 13.6. The molecule has 0 radical (unpaired) electrons. The van der Waals surface area contributed by atoms with Crippen LogP contribution >= 0.6 is 11.6 Å². The third-order valence-corrected chi connectivity index (χ3v) is 3.57. The molecule has 1 atom stereocenters. The number of carbonyl (C=O) groups excluding carboxylic acids is 2. The molecule has 1 N–H and O–H groups in total. The summed E-state index contributed by atoms with van der Waals surface area (Å²) in [6.07, 6.45) is 0.874. The van der Waals surface area contributed by atoms with Gasteiger partial charge >= 0.3 is 0 Å². The van der Waals surface area contributed by atoms with E-state index in [4.69, 9.17) is 11.6 Å². The van der Waals surface area contributed by atoms with Crippen molar-refractivity contribution in [3.63, 3.8) is 0 Å². The zero-order chi connectivity index (χ0) is 14.0. The van der Waals surface area contributed by atoms with Gasteiger partial charge in [0.15, 0.2) is 0 Å². The molecule has 0 aliphatic carbocycles. The van der Waals surface area contributed by atoms with Crippen LogP contribution in [0.4, 0.5) is 4.39 Å². The van der Waals surface area contributed by atoms with E-state index in [9.17, 15) is 14.0 Å². The van der Waals surface area contributed by atoms with Crippen molar-refractivity contribution in [3.8, 4) is 0 Å². The average Bonchev–Trinajstić information content (AvgIpc) is 2.72. The van der Waals surface area contributed by atoms with E-state index in [1.165, 1.54) is 11.0 Å². The standard InChI is InChI=1S/C13H14ClFN2O2/c1-17-10(5-6-11(17)18)13(19)16-7-8-3-2-4-9(14)12(8)15/h2-4,10H,5-7H2,1H3,(H,16,19)/t10-/m0/s1. The molecule has 0 unspecified atom stereocenters. The molecule has 0 bridgehead atoms. The molecule has 1 aliphatic heterocycles. The lowest BCUT2D eigenvalue weighted by Gasteiger charge is -2.19. The largest absolute Gasteiger partial charge is 0.350 e. The number of halogens is 2. The summed E-state index contributed by atoms with van der Waals surface area (Å²) in [6.45, 7) is 0.0593. The molecule has 102 valence electrons. The molecule has 1 heterocycles. The molecular formula is C13H14ClFN2O2. The van der Waals surface area contributed by atoms with Crippen LogP contribution in [-0.4, -0.2) is 29.8 Å². The molecule has 1 fully saturated rings. The summed E-state index contributed by atoms with van der Waals surface area (Å²) in [7, 11) is 1.60. The minimum atomic E-state index is -0.527. The van der Waals surface area contributed by atoms with Gasteiger partial charge in [-0.05, 0) is 12.5 Å². The van der Waals surface area contributed by atoms with Crippen molar-refractivity contribution in [2.45, 2.75) is 25.4 Å². The molecule has 1 saturated heterocycles. The van der Waals surface area contributed by atoms with Crippen LogP contribution in [0.25, 0.3) is 0 Å². The highest BCUT2D eigenvalue weighted by atomic mass is 35.5. The number of rotatable bonds is 3. The monoisotopic (exact) mass is 284 g/mol. The summed E-state index contributed by atoms with van der Waals surface area (Å²) in [4.78, 5) is 24.7. The van der Waals surface area contributed by atoms with Crippen LogP contribution in [0.15, 0.2) is 18.2 Å². The lowest BCUT2D eigenvalue weighted by Crippen LogP contribution is -2.42. The molecule has 4 nitrogen and oxygen atoms in total. The first-order chi connectivity index (χ1) is 9.00. The van der Waals surface area contributed by atoms with E-state index in [2.05, 4.69) is 5.32 Å². The number of amides is 2. The summed E-state index contributed by atoms with van der Waals surface area (Å²) in [5, 5.41) is 2.66. The second-order valence-electron chi connectivity index (χ2n) is 4.49. The number of carbonyl (C=O) groups is 2. The third-order valence-electron chi connectivity index (χ3n) is 3.28. The summed E-state index contributed by atoms with van der Waals surface area (Å²) < 4.78 is 13.6. The minimum absolute atomic E-state index is 0.0277. The van der Waals surface area contributed by atoms with Crippen molar-refractivity contribution in [2.24, 2.45) is 0 Å². The van der Waals surface area contributed by atoms with Crippen molar-refractivity contribution < 1.29 is 14.0 Å². The molecule has 6 heteroatoms. The van der Waals surface area contributed by atoms with Gasteiger partial charge in [-0.15, -0.1) is 0 Å². The Morgan fingerprint density at radius 1 is 1.58 bits per heavy atom. The zero-order valence-corrected chi connectivity index (χ0v) is 11.2. The van der Waals surface area contributed by atoms with E-state index in [-0.39, 0.29) is 23.4 Å². The Morgan fingerprint density at radius 2 is 2.32 bits per heavy atom. The van der Waals surface area contributed by atoms with Gasteiger partial charge in [-0.2, -0.15) is 0 Å². The van der Waals surface area contributed by atoms with E-state index in [0.29, 0.717) is 18.4 Å². The lowest BCUT2D eigenvalue weighted by molar-refractivity contribution is -0.133. The van der Waals surface area contributed by atoms with Crippen LogP contribution in [0.5, 0.6) is 0 Å². The molecule has 0 saturated carbocycles. The summed E-state index contributed by atoms with van der Waals surface area (Å²) >= 11 is 5.66. The van der Waals surface area contributed by atoms with Gasteiger partial charge < -0.3 is 10.2 Å². The highest BCUT2D eigenvalue weighted by molar-refractivity contribution is 6.30. The van der Waals surface area contributed by atoms with E-state index >= 15 is 0 Å². The fourth-order valence-electron chi connectivity index (χ4n) is 2.10. The molecule has 0 spiro atoms. The second kappa shape index (κ2) is 5.57. The number of likely N-dealkylation sites (tertiary alicyclic amines) is 1. The van der Waals surface area contributed by atoms with Gasteiger partial charge in [-0.3, -0.25) is 9.59 Å². The highest BCUT2D eigenvalue weighted by Gasteiger charge is 2.32. The van der Waals surface area contributed by atoms with Crippen LogP contribution in [0.2, 0.25) is 5.02 Å². The van der Waals surface area contributed by atoms with Crippen molar-refractivity contribution in [2.75, 3.05) is 7.05 Å². The summed E-state index contributed by atoms with van der Waals surface area (Å²) in [5.41, 5.74) is 0.327. The maximum Gasteiger partial charge on any atom is 0.243 e. The Labute approximate surface area is 115 Å². The Balaban J connectivity index is 1.97. The van der Waals surface area contributed by atoms with E-state index in [1.807, 2.05) is 0 Å². The van der Waals surface area contributed by atoms with Gasteiger partial charge in [-0.25, -0.2) is 4.39 Å². The first-order valence-electron chi connectivity index (χ1n) is 5.97. The molecule has 0 aromatic heterocycles. The van der Waals surface area contributed by atoms with Crippen LogP contribution in [0.1, 0.15) is 18.4 Å². The van der Waals surface area contributed by atoms with E-state index in [0.717, 1.165) is 0 Å². The van der Waals surface area contributed by atoms with Crippen LogP contribution < -0.4 is 5.32 Å². The van der Waals surface area contributed by atoms with Crippen molar-refractivity contribution >= 4 is 23.4 Å². The van der Waals surface area contributed by atoms with Crippen LogP contribution in [0.3, 0.4) is 0 Å². The number of likely N-dealkylation sites (N-methyl/N-ethyl adjacent to an activating group) is 1. The predicted molar refractivity (Wildman–Crippen MR) is 69.0 cm³/mol. The Morgan fingerprint density at radius 3 is 2.95 bits per heavy atom. The molecule has 2 rings (SSSR count). The SMILES string of the molecule is CN1C(=O)CC[C@H]1C(=O)NCc1cccc(Cl)c1F. The van der Waals surface area contributed by atoms with Crippen molar-refractivity contribution in [1.82, 2.24) is 10.2 Å². The Hall–Kier alpha value is -1.62. The highest BCUT2D eigenvalue weighted by Crippen LogP contribution is 2.19. The molecular weight excluding hydrogens is 271 g/mol. The minimum Gasteiger partial charge on any atom is -0.350 e. The topological polar surface area (TPSA) is 49.4 Å². The smallest absolute Gasteiger partial charge is 0.243 e. The average molecular weight is 285 g/mol. The number of benzene rings is 1. The molecule has 1 aliphatic rings. The maximum absolute atomic E-state index is 13.6. The normalized spacial score (nSPS) is 18.8. The third kappa shape index (κ3) is 2.87. The fraction of sp³-hybridized carbons (Fsp3) is 0.385. The zero-order valence-electron chi connectivity index (χ0n) is 10.5. The lowest BCUT2D eigenvalue weighted by atomic mass is 10.2. The van der Waals surface area contributed by atoms with Gasteiger partial charge in [0, 0.05) is 25.6 Å². The van der Waals surface area contributed by atoms with Gasteiger partial charge in [0.25, 0.3) is 0 Å². The number of hydrogen-bond acceptors (Lipinski definition) is 2. The Kier molecular flexibility index (Phi) is 4.04. The van der Waals surface area contributed by atoms with Crippen molar-refractivity contribution in [3.05, 3.63) is 34.6 Å². The predicted octanol–water partition coefficient (Wildman–Crippen LogP) is 1.72. The van der Waals surface area contributed by atoms with E-state index < -0.39 is 11.9 Å². The molecule has 19 heavy (non-hydrogen) atoms. The van der Waals surface area contributed by atoms with Gasteiger partial charge in [0.05, 0.1) is 5.02 Å². The summed E-state index contributed by atoms with van der Waals surface area (Å²) in [5.74, 6) is -0.845. The van der Waals surface area contributed by atoms with E-state index in [1.54, 1.807) is 19.2 Å². The Bertz CT molecular complexity index is 521. The van der Waals surface area contributed by atoms with Gasteiger partial charge in [0.2, 0.25) is 11.8 Å². The quantitative estimate of drug-likeness (QED) is 0.919. The van der Waals surface area contributed by atoms with Gasteiger partial charge in [-0.1, -0.05) is 23.7 Å². The fourth-order valence-corrected chi connectivity index (χ4v) is 2.29. The molecule has 2 amide bonds. The molecule has 1 aromatic rings. The first kappa shape index (κ1) is 13.8. The van der Waals surface area contributed by atoms with Crippen LogP contribution in [0, 0.1) is 5.82 Å². The number of nitrogens with zero attached hydrogens (tertiary/aromatic N) is 1.